The summed E-state index contributed by atoms with van der Waals surface area (Å²) in [4.78, 5) is 23.6. The van der Waals surface area contributed by atoms with Crippen LogP contribution in [0.4, 0.5) is 5.69 Å². The van der Waals surface area contributed by atoms with Crippen LogP contribution in [-0.2, 0) is 16.4 Å². The topological polar surface area (TPSA) is 99.3 Å². The van der Waals surface area contributed by atoms with E-state index in [2.05, 4.69) is 0 Å². The summed E-state index contributed by atoms with van der Waals surface area (Å²) in [7, 11) is -4.30. The van der Waals surface area contributed by atoms with Crippen LogP contribution in [0.1, 0.15) is 16.8 Å². The minimum Gasteiger partial charge on any atom is -0.268 e. The number of pyridine rings is 1. The number of nitro groups is 1. The molecule has 0 bridgehead atoms. The smallest absolute Gasteiger partial charge is 0.268 e. The molecule has 1 aromatic heterocycles. The lowest BCUT2D eigenvalue weighted by Gasteiger charge is -2.17. The van der Waals surface area contributed by atoms with Gasteiger partial charge in [0.2, 0.25) is 0 Å². The van der Waals surface area contributed by atoms with Gasteiger partial charge in [0.25, 0.3) is 21.3 Å². The second-order valence-corrected chi connectivity index (χ2v) is 9.32. The van der Waals surface area contributed by atoms with E-state index >= 15 is 0 Å². The highest BCUT2D eigenvalue weighted by Crippen LogP contribution is 2.26. The van der Waals surface area contributed by atoms with Gasteiger partial charge in [0, 0.05) is 29.8 Å². The largest absolute Gasteiger partial charge is 0.270 e. The summed E-state index contributed by atoms with van der Waals surface area (Å²) < 4.78 is 27.9. The van der Waals surface area contributed by atoms with E-state index in [4.69, 9.17) is 0 Å². The van der Waals surface area contributed by atoms with Gasteiger partial charge in [-0.3, -0.25) is 14.9 Å². The molecule has 166 valence electrons. The summed E-state index contributed by atoms with van der Waals surface area (Å²) in [6, 6.07) is 24.8. The number of benzene rings is 3. The Morgan fingerprint density at radius 3 is 2.03 bits per heavy atom. The molecule has 0 unspecified atom stereocenters. The van der Waals surface area contributed by atoms with Crippen LogP contribution in [0.2, 0.25) is 0 Å². The van der Waals surface area contributed by atoms with E-state index in [0.29, 0.717) is 16.8 Å². The average Bonchev–Trinajstić information content (AvgIpc) is 2.82. The minimum absolute atomic E-state index is 0.198. The summed E-state index contributed by atoms with van der Waals surface area (Å²) in [5.41, 5.74) is 2.01. The Morgan fingerprint density at radius 1 is 0.879 bits per heavy atom. The third kappa shape index (κ3) is 4.33. The molecule has 0 saturated carbocycles. The van der Waals surface area contributed by atoms with Crippen LogP contribution in [-0.4, -0.2) is 17.3 Å². The first-order chi connectivity index (χ1) is 15.8. The van der Waals surface area contributed by atoms with Crippen LogP contribution in [0.5, 0.6) is 0 Å². The van der Waals surface area contributed by atoms with Crippen molar-refractivity contribution >= 4 is 15.7 Å². The van der Waals surface area contributed by atoms with Gasteiger partial charge in [0.05, 0.1) is 9.82 Å². The predicted octanol–water partition coefficient (Wildman–Crippen LogP) is 4.56. The van der Waals surface area contributed by atoms with Crippen LogP contribution in [0.25, 0.3) is 11.1 Å². The summed E-state index contributed by atoms with van der Waals surface area (Å²) in [6.45, 7) is 1.60. The standard InChI is InChI=1S/C25H20N2O5S/c1-18-24(20-10-6-3-7-11-20)17-22(16-19-8-4-2-5-9-19)26(25(18)28)33(31,32)23-14-12-21(13-15-23)27(29)30/h2-15,17H,16H2,1H3. The maximum absolute atomic E-state index is 13.5. The van der Waals surface area contributed by atoms with E-state index in [1.165, 1.54) is 0 Å². The normalized spacial score (nSPS) is 11.3. The lowest BCUT2D eigenvalue weighted by molar-refractivity contribution is -0.384. The molecule has 0 aliphatic rings. The fourth-order valence-electron chi connectivity index (χ4n) is 3.69. The Bertz CT molecular complexity index is 1480. The monoisotopic (exact) mass is 460 g/mol. The SMILES string of the molecule is Cc1c(-c2ccccc2)cc(Cc2ccccc2)n(S(=O)(=O)c2ccc([N+](=O)[O-])cc2)c1=O. The van der Waals surface area contributed by atoms with Crippen LogP contribution >= 0.6 is 0 Å². The first-order valence-corrected chi connectivity index (χ1v) is 11.6. The molecule has 0 aliphatic carbocycles. The van der Waals surface area contributed by atoms with Crippen molar-refractivity contribution in [2.24, 2.45) is 0 Å². The van der Waals surface area contributed by atoms with Crippen molar-refractivity contribution in [2.45, 2.75) is 18.2 Å². The van der Waals surface area contributed by atoms with Gasteiger partial charge in [-0.2, -0.15) is 0 Å². The molecule has 0 fully saturated rings. The second kappa shape index (κ2) is 8.84. The van der Waals surface area contributed by atoms with Crippen LogP contribution in [0.3, 0.4) is 0 Å². The van der Waals surface area contributed by atoms with Crippen molar-refractivity contribution in [1.82, 2.24) is 3.97 Å². The Morgan fingerprint density at radius 2 is 1.45 bits per heavy atom. The fourth-order valence-corrected chi connectivity index (χ4v) is 5.16. The van der Waals surface area contributed by atoms with E-state index < -0.39 is 20.5 Å². The highest BCUT2D eigenvalue weighted by Gasteiger charge is 2.25. The first kappa shape index (κ1) is 22.2. The van der Waals surface area contributed by atoms with E-state index in [-0.39, 0.29) is 17.0 Å². The van der Waals surface area contributed by atoms with Crippen molar-refractivity contribution in [3.05, 3.63) is 128 Å². The van der Waals surface area contributed by atoms with Crippen molar-refractivity contribution in [2.75, 3.05) is 0 Å². The van der Waals surface area contributed by atoms with Crippen LogP contribution < -0.4 is 5.56 Å². The maximum atomic E-state index is 13.5. The van der Waals surface area contributed by atoms with Gasteiger partial charge in [-0.1, -0.05) is 60.7 Å². The van der Waals surface area contributed by atoms with E-state index in [1.807, 2.05) is 60.7 Å². The molecule has 0 atom stereocenters. The van der Waals surface area contributed by atoms with E-state index in [9.17, 15) is 23.3 Å². The number of hydrogen-bond acceptors (Lipinski definition) is 5. The van der Waals surface area contributed by atoms with Crippen LogP contribution in [0, 0.1) is 17.0 Å². The van der Waals surface area contributed by atoms with Crippen molar-refractivity contribution in [1.29, 1.82) is 0 Å². The molecule has 0 aliphatic heterocycles. The quantitative estimate of drug-likeness (QED) is 0.310. The number of rotatable bonds is 6. The van der Waals surface area contributed by atoms with Gasteiger partial charge >= 0.3 is 0 Å². The van der Waals surface area contributed by atoms with Gasteiger partial charge in [0.15, 0.2) is 0 Å². The molecule has 1 heterocycles. The predicted molar refractivity (Wildman–Crippen MR) is 126 cm³/mol. The number of nitrogens with zero attached hydrogens (tertiary/aromatic N) is 2. The lowest BCUT2D eigenvalue weighted by Crippen LogP contribution is -2.32. The number of aromatic nitrogens is 1. The molecule has 0 radical (unpaired) electrons. The molecule has 4 aromatic rings. The van der Waals surface area contributed by atoms with Crippen molar-refractivity contribution in [3.8, 4) is 11.1 Å². The third-order valence-corrected chi connectivity index (χ3v) is 7.13. The van der Waals surface area contributed by atoms with Gasteiger partial charge in [-0.25, -0.2) is 12.4 Å². The number of hydrogen-bond donors (Lipinski definition) is 0. The molecule has 0 spiro atoms. The molecular weight excluding hydrogens is 440 g/mol. The molecule has 0 N–H and O–H groups in total. The molecule has 8 heteroatoms. The first-order valence-electron chi connectivity index (χ1n) is 10.1. The number of nitro benzene ring substituents is 1. The highest BCUT2D eigenvalue weighted by atomic mass is 32.2. The zero-order valence-corrected chi connectivity index (χ0v) is 18.5. The highest BCUT2D eigenvalue weighted by molar-refractivity contribution is 7.90. The Balaban J connectivity index is 1.95. The van der Waals surface area contributed by atoms with E-state index in [0.717, 1.165) is 39.4 Å². The summed E-state index contributed by atoms with van der Waals surface area (Å²) >= 11 is 0. The van der Waals surface area contributed by atoms with Gasteiger partial charge < -0.3 is 0 Å². The van der Waals surface area contributed by atoms with Gasteiger partial charge in [-0.05, 0) is 41.8 Å². The summed E-state index contributed by atoms with van der Waals surface area (Å²) in [5.74, 6) is 0. The second-order valence-electron chi connectivity index (χ2n) is 7.53. The third-order valence-electron chi connectivity index (χ3n) is 5.38. The zero-order chi connectivity index (χ0) is 23.6. The Hall–Kier alpha value is -4.04. The molecule has 0 amide bonds. The Kier molecular flexibility index (Phi) is 5.93. The molecule has 7 nitrogen and oxygen atoms in total. The summed E-state index contributed by atoms with van der Waals surface area (Å²) in [6.07, 6.45) is 0.211. The molecule has 0 saturated heterocycles. The molecular formula is C25H20N2O5S. The lowest BCUT2D eigenvalue weighted by atomic mass is 9.99. The summed E-state index contributed by atoms with van der Waals surface area (Å²) in [5, 5.41) is 11.0. The molecule has 3 aromatic carbocycles. The Labute approximate surface area is 190 Å². The van der Waals surface area contributed by atoms with E-state index in [1.54, 1.807) is 13.0 Å². The number of non-ortho nitro benzene ring substituents is 1. The maximum Gasteiger partial charge on any atom is 0.270 e. The van der Waals surface area contributed by atoms with Crippen LogP contribution in [0.15, 0.2) is 101 Å². The fraction of sp³-hybridized carbons (Fsp3) is 0.0800. The zero-order valence-electron chi connectivity index (χ0n) is 17.7. The molecule has 33 heavy (non-hydrogen) atoms. The van der Waals surface area contributed by atoms with Crippen molar-refractivity contribution < 1.29 is 13.3 Å². The average molecular weight is 461 g/mol. The van der Waals surface area contributed by atoms with Crippen molar-refractivity contribution in [3.63, 3.8) is 0 Å². The molecule has 4 rings (SSSR count). The van der Waals surface area contributed by atoms with Gasteiger partial charge in [0.1, 0.15) is 0 Å². The minimum atomic E-state index is -4.30. The van der Waals surface area contributed by atoms with Gasteiger partial charge in [-0.15, -0.1) is 0 Å².